The van der Waals surface area contributed by atoms with Crippen LogP contribution in [0.1, 0.15) is 38.9 Å². The normalized spacial score (nSPS) is 11.0. The van der Waals surface area contributed by atoms with Crippen LogP contribution in [0.15, 0.2) is 90.0 Å². The first kappa shape index (κ1) is 28.4. The Bertz CT molecular complexity index is 1790. The number of methoxy groups -OCH3 is 1. The number of fused-ring (bicyclic) bond motifs is 1. The summed E-state index contributed by atoms with van der Waals surface area (Å²) in [6, 6.07) is 24.9. The Morgan fingerprint density at radius 3 is 2.50 bits per heavy atom. The largest absolute Gasteiger partial charge is 0.497 e. The molecule has 0 bridgehead atoms. The molecule has 5 aromatic rings. The third-order valence-corrected chi connectivity index (χ3v) is 6.92. The summed E-state index contributed by atoms with van der Waals surface area (Å²) in [6.07, 6.45) is 1.48. The maximum Gasteiger partial charge on any atom is 0.343 e. The zero-order valence-corrected chi connectivity index (χ0v) is 24.0. The van der Waals surface area contributed by atoms with Crippen molar-refractivity contribution in [3.8, 4) is 28.4 Å². The van der Waals surface area contributed by atoms with Crippen molar-refractivity contribution in [2.24, 2.45) is 5.10 Å². The van der Waals surface area contributed by atoms with E-state index in [1.54, 1.807) is 55.6 Å². The molecule has 5 rings (SSSR count). The second kappa shape index (κ2) is 12.6. The first-order chi connectivity index (χ1) is 20.4. The van der Waals surface area contributed by atoms with Gasteiger partial charge in [0, 0.05) is 27.1 Å². The second-order valence-corrected chi connectivity index (χ2v) is 9.72. The third kappa shape index (κ3) is 5.99. The summed E-state index contributed by atoms with van der Waals surface area (Å²) in [7, 11) is 1.55. The molecule has 9 heteroatoms. The van der Waals surface area contributed by atoms with E-state index >= 15 is 0 Å². The molecule has 1 aromatic heterocycles. The highest BCUT2D eigenvalue weighted by molar-refractivity contribution is 6.34. The van der Waals surface area contributed by atoms with Gasteiger partial charge in [0.05, 0.1) is 25.5 Å². The van der Waals surface area contributed by atoms with E-state index in [1.165, 1.54) is 6.21 Å². The second-order valence-electron chi connectivity index (χ2n) is 9.31. The van der Waals surface area contributed by atoms with Gasteiger partial charge >= 0.3 is 5.97 Å². The standard InChI is InChI=1S/C33H28ClN3O5/c1-4-41-28-18-21(12-17-27(28)42-33(39)22-13-15-23(40-3)16-14-22)19-35-37-32(38)31-29(24-9-5-6-11-26(24)34)25-10-7-8-20(2)30(25)36-31/h5-19,36H,4H2,1-3H3,(H,37,38). The molecule has 0 fully saturated rings. The van der Waals surface area contributed by atoms with Gasteiger partial charge in [-0.15, -0.1) is 0 Å². The first-order valence-corrected chi connectivity index (χ1v) is 13.6. The molecule has 0 saturated heterocycles. The number of rotatable bonds is 9. The number of carbonyl (C=O) groups is 2. The molecule has 0 aliphatic carbocycles. The fourth-order valence-corrected chi connectivity index (χ4v) is 4.77. The van der Waals surface area contributed by atoms with Crippen molar-refractivity contribution in [2.45, 2.75) is 13.8 Å². The number of halogens is 1. The van der Waals surface area contributed by atoms with E-state index in [4.69, 9.17) is 25.8 Å². The lowest BCUT2D eigenvalue weighted by Gasteiger charge is -2.11. The quantitative estimate of drug-likeness (QED) is 0.0830. The van der Waals surface area contributed by atoms with Crippen molar-refractivity contribution in [2.75, 3.05) is 13.7 Å². The Morgan fingerprint density at radius 2 is 1.76 bits per heavy atom. The van der Waals surface area contributed by atoms with E-state index in [9.17, 15) is 9.59 Å². The number of H-pyrrole nitrogens is 1. The van der Waals surface area contributed by atoms with E-state index in [0.717, 1.165) is 22.0 Å². The summed E-state index contributed by atoms with van der Waals surface area (Å²) >= 11 is 6.53. The van der Waals surface area contributed by atoms with Crippen LogP contribution >= 0.6 is 11.6 Å². The van der Waals surface area contributed by atoms with Gasteiger partial charge < -0.3 is 19.2 Å². The predicted molar refractivity (Wildman–Crippen MR) is 164 cm³/mol. The lowest BCUT2D eigenvalue weighted by molar-refractivity contribution is 0.0728. The van der Waals surface area contributed by atoms with Gasteiger partial charge in [-0.2, -0.15) is 5.10 Å². The van der Waals surface area contributed by atoms with Crippen LogP contribution in [0.3, 0.4) is 0 Å². The van der Waals surface area contributed by atoms with Gasteiger partial charge in [0.25, 0.3) is 5.91 Å². The van der Waals surface area contributed by atoms with E-state index in [0.29, 0.717) is 45.5 Å². The summed E-state index contributed by atoms with van der Waals surface area (Å²) in [4.78, 5) is 29.3. The summed E-state index contributed by atoms with van der Waals surface area (Å²) < 4.78 is 16.4. The molecule has 0 aliphatic heterocycles. The van der Waals surface area contributed by atoms with Crippen LogP contribution in [0.2, 0.25) is 5.02 Å². The molecule has 0 atom stereocenters. The fraction of sp³-hybridized carbons (Fsp3) is 0.121. The molecular weight excluding hydrogens is 554 g/mol. The highest BCUT2D eigenvalue weighted by atomic mass is 35.5. The van der Waals surface area contributed by atoms with Crippen molar-refractivity contribution < 1.29 is 23.8 Å². The van der Waals surface area contributed by atoms with E-state index in [2.05, 4.69) is 15.5 Å². The van der Waals surface area contributed by atoms with Crippen LogP contribution in [0, 0.1) is 6.92 Å². The van der Waals surface area contributed by atoms with Crippen LogP contribution in [0.25, 0.3) is 22.0 Å². The number of hydrogen-bond acceptors (Lipinski definition) is 6. The number of benzene rings is 4. The fourth-order valence-electron chi connectivity index (χ4n) is 4.54. The van der Waals surface area contributed by atoms with E-state index < -0.39 is 11.9 Å². The highest BCUT2D eigenvalue weighted by Crippen LogP contribution is 2.37. The minimum Gasteiger partial charge on any atom is -0.497 e. The van der Waals surface area contributed by atoms with Gasteiger partial charge in [-0.3, -0.25) is 4.79 Å². The minimum absolute atomic E-state index is 0.261. The Hall–Kier alpha value is -5.08. The molecular formula is C33H28ClN3O5. The number of para-hydroxylation sites is 1. The number of hydrogen-bond donors (Lipinski definition) is 2. The molecule has 0 spiro atoms. The molecule has 0 aliphatic rings. The van der Waals surface area contributed by atoms with Crippen molar-refractivity contribution in [1.82, 2.24) is 10.4 Å². The maximum atomic E-state index is 13.4. The van der Waals surface area contributed by atoms with Crippen LogP contribution in [-0.4, -0.2) is 36.8 Å². The number of carbonyl (C=O) groups excluding carboxylic acids is 2. The molecule has 8 nitrogen and oxygen atoms in total. The number of aromatic nitrogens is 1. The van der Waals surface area contributed by atoms with Gasteiger partial charge in [0.1, 0.15) is 11.4 Å². The molecule has 1 heterocycles. The highest BCUT2D eigenvalue weighted by Gasteiger charge is 2.21. The summed E-state index contributed by atoms with van der Waals surface area (Å²) in [6.45, 7) is 4.16. The van der Waals surface area contributed by atoms with E-state index in [1.807, 2.05) is 50.2 Å². The minimum atomic E-state index is -0.532. The van der Waals surface area contributed by atoms with Crippen LogP contribution in [0.4, 0.5) is 0 Å². The molecule has 1 amide bonds. The monoisotopic (exact) mass is 581 g/mol. The number of nitrogens with one attached hydrogen (secondary N) is 2. The topological polar surface area (TPSA) is 102 Å². The van der Waals surface area contributed by atoms with Gasteiger partial charge in [-0.25, -0.2) is 10.2 Å². The Morgan fingerprint density at radius 1 is 0.976 bits per heavy atom. The third-order valence-electron chi connectivity index (χ3n) is 6.59. The van der Waals surface area contributed by atoms with Gasteiger partial charge in [0.15, 0.2) is 11.5 Å². The van der Waals surface area contributed by atoms with Crippen LogP contribution < -0.4 is 19.6 Å². The Kier molecular flexibility index (Phi) is 8.55. The number of esters is 1. The molecule has 4 aromatic carbocycles. The van der Waals surface area contributed by atoms with E-state index in [-0.39, 0.29) is 5.75 Å². The lowest BCUT2D eigenvalue weighted by Crippen LogP contribution is -2.19. The first-order valence-electron chi connectivity index (χ1n) is 13.2. The summed E-state index contributed by atoms with van der Waals surface area (Å²) in [5.41, 5.74) is 7.24. The van der Waals surface area contributed by atoms with Crippen LogP contribution in [-0.2, 0) is 0 Å². The smallest absolute Gasteiger partial charge is 0.343 e. The average Bonchev–Trinajstić information content (AvgIpc) is 3.39. The summed E-state index contributed by atoms with van der Waals surface area (Å²) in [5.74, 6) is 0.303. The number of nitrogens with zero attached hydrogens (tertiary/aromatic N) is 1. The molecule has 42 heavy (non-hydrogen) atoms. The van der Waals surface area contributed by atoms with Gasteiger partial charge in [-0.1, -0.05) is 48.0 Å². The lowest BCUT2D eigenvalue weighted by atomic mass is 10.0. The Balaban J connectivity index is 1.36. The van der Waals surface area contributed by atoms with Crippen LogP contribution in [0.5, 0.6) is 17.2 Å². The maximum absolute atomic E-state index is 13.4. The molecule has 212 valence electrons. The average molecular weight is 582 g/mol. The SMILES string of the molecule is CCOc1cc(C=NNC(=O)c2[nH]c3c(C)cccc3c2-c2ccccc2Cl)ccc1OC(=O)c1ccc(OC)cc1. The zero-order valence-electron chi connectivity index (χ0n) is 23.2. The molecule has 0 saturated carbocycles. The number of amides is 1. The Labute approximate surface area is 247 Å². The number of aryl methyl sites for hydroxylation is 1. The number of ether oxygens (including phenoxy) is 3. The predicted octanol–water partition coefficient (Wildman–Crippen LogP) is 7.19. The molecule has 2 N–H and O–H groups in total. The van der Waals surface area contributed by atoms with Gasteiger partial charge in [-0.05, 0) is 73.5 Å². The number of aromatic amines is 1. The molecule has 0 unspecified atom stereocenters. The van der Waals surface area contributed by atoms with Crippen molar-refractivity contribution in [3.05, 3.63) is 112 Å². The zero-order chi connectivity index (χ0) is 29.6. The summed E-state index contributed by atoms with van der Waals surface area (Å²) in [5, 5.41) is 5.59. The number of hydrazone groups is 1. The van der Waals surface area contributed by atoms with Crippen molar-refractivity contribution in [3.63, 3.8) is 0 Å². The molecule has 0 radical (unpaired) electrons. The van der Waals surface area contributed by atoms with Crippen molar-refractivity contribution >= 4 is 40.6 Å². The van der Waals surface area contributed by atoms with Gasteiger partial charge in [0.2, 0.25) is 0 Å². The van der Waals surface area contributed by atoms with Crippen molar-refractivity contribution in [1.29, 1.82) is 0 Å².